The van der Waals surface area contributed by atoms with E-state index in [1.54, 1.807) is 6.07 Å². The summed E-state index contributed by atoms with van der Waals surface area (Å²) in [5.41, 5.74) is 6.03. The molecule has 3 N–H and O–H groups in total. The van der Waals surface area contributed by atoms with Crippen molar-refractivity contribution in [1.29, 1.82) is 0 Å². The molecule has 0 saturated carbocycles. The Hall–Kier alpha value is -1.29. The standard InChI is InChI=1S/C11H15ClFN3/c1-11(2,3)16-10(14)15-7-4-5-9(13)8(12)6-7/h4-6H,1-3H3,(H3,14,15,16). The molecule has 0 bridgehead atoms. The number of aliphatic imine (C=N–C) groups is 1. The molecule has 0 fully saturated rings. The number of nitrogens with two attached hydrogens (primary N) is 1. The van der Waals surface area contributed by atoms with Crippen molar-refractivity contribution in [3.63, 3.8) is 0 Å². The predicted molar refractivity (Wildman–Crippen MR) is 66.4 cm³/mol. The highest BCUT2D eigenvalue weighted by atomic mass is 35.5. The summed E-state index contributed by atoms with van der Waals surface area (Å²) < 4.78 is 12.9. The summed E-state index contributed by atoms with van der Waals surface area (Å²) >= 11 is 5.63. The van der Waals surface area contributed by atoms with Crippen LogP contribution in [0.1, 0.15) is 20.8 Å². The van der Waals surface area contributed by atoms with Gasteiger partial charge in [-0.1, -0.05) is 11.6 Å². The normalized spacial score (nSPS) is 12.7. The van der Waals surface area contributed by atoms with Crippen molar-refractivity contribution in [3.8, 4) is 0 Å². The molecule has 0 aromatic heterocycles. The Kier molecular flexibility index (Phi) is 3.75. The lowest BCUT2D eigenvalue weighted by atomic mass is 10.1. The van der Waals surface area contributed by atoms with Gasteiger partial charge in [-0.2, -0.15) is 0 Å². The molecular formula is C11H15ClFN3. The van der Waals surface area contributed by atoms with Crippen LogP contribution in [-0.2, 0) is 0 Å². The van der Waals surface area contributed by atoms with Crippen molar-refractivity contribution in [2.75, 3.05) is 5.32 Å². The van der Waals surface area contributed by atoms with Gasteiger partial charge in [0.15, 0.2) is 5.96 Å². The molecule has 5 heteroatoms. The fourth-order valence-electron chi connectivity index (χ4n) is 1.11. The first kappa shape index (κ1) is 12.8. The molecule has 0 radical (unpaired) electrons. The summed E-state index contributed by atoms with van der Waals surface area (Å²) in [6.45, 7) is 5.79. The first-order valence-electron chi connectivity index (χ1n) is 4.85. The number of rotatable bonds is 1. The molecule has 1 rings (SSSR count). The molecule has 16 heavy (non-hydrogen) atoms. The van der Waals surface area contributed by atoms with Gasteiger partial charge in [0.2, 0.25) is 0 Å². The highest BCUT2D eigenvalue weighted by molar-refractivity contribution is 6.31. The van der Waals surface area contributed by atoms with Crippen LogP contribution in [0.5, 0.6) is 0 Å². The third-order valence-corrected chi connectivity index (χ3v) is 1.94. The van der Waals surface area contributed by atoms with Crippen LogP contribution in [0.2, 0.25) is 5.02 Å². The van der Waals surface area contributed by atoms with E-state index in [1.807, 2.05) is 20.8 Å². The average Bonchev–Trinajstić information content (AvgIpc) is 2.08. The third-order valence-electron chi connectivity index (χ3n) is 1.65. The van der Waals surface area contributed by atoms with E-state index in [2.05, 4.69) is 10.3 Å². The van der Waals surface area contributed by atoms with Gasteiger partial charge < -0.3 is 11.1 Å². The first-order valence-corrected chi connectivity index (χ1v) is 5.23. The number of benzene rings is 1. The lowest BCUT2D eigenvalue weighted by molar-refractivity contribution is 0.583. The molecule has 0 aliphatic heterocycles. The SMILES string of the molecule is CC(C)(C)N=C(N)Nc1ccc(F)c(Cl)c1. The van der Waals surface area contributed by atoms with Crippen LogP contribution in [0.25, 0.3) is 0 Å². The minimum atomic E-state index is -0.460. The summed E-state index contributed by atoms with van der Waals surface area (Å²) in [7, 11) is 0. The van der Waals surface area contributed by atoms with Gasteiger partial charge in [-0.05, 0) is 39.0 Å². The second-order valence-corrected chi connectivity index (χ2v) is 4.83. The quantitative estimate of drug-likeness (QED) is 0.589. The van der Waals surface area contributed by atoms with Gasteiger partial charge in [-0.15, -0.1) is 0 Å². The number of anilines is 1. The maximum absolute atomic E-state index is 12.9. The lowest BCUT2D eigenvalue weighted by Gasteiger charge is -2.14. The maximum Gasteiger partial charge on any atom is 0.193 e. The van der Waals surface area contributed by atoms with E-state index in [1.165, 1.54) is 12.1 Å². The lowest BCUT2D eigenvalue weighted by Crippen LogP contribution is -2.27. The van der Waals surface area contributed by atoms with Crippen molar-refractivity contribution >= 4 is 23.2 Å². The Morgan fingerprint density at radius 3 is 2.56 bits per heavy atom. The molecule has 0 aliphatic rings. The van der Waals surface area contributed by atoms with Gasteiger partial charge in [-0.25, -0.2) is 9.38 Å². The molecule has 1 aromatic rings. The Balaban J connectivity index is 2.81. The number of guanidine groups is 1. The van der Waals surface area contributed by atoms with Crippen LogP contribution in [0.15, 0.2) is 23.2 Å². The highest BCUT2D eigenvalue weighted by Gasteiger charge is 2.08. The topological polar surface area (TPSA) is 50.4 Å². The van der Waals surface area contributed by atoms with Gasteiger partial charge in [0.1, 0.15) is 5.82 Å². The second kappa shape index (κ2) is 4.70. The third kappa shape index (κ3) is 4.06. The van der Waals surface area contributed by atoms with E-state index >= 15 is 0 Å². The van der Waals surface area contributed by atoms with Gasteiger partial charge in [-0.3, -0.25) is 0 Å². The Morgan fingerprint density at radius 1 is 1.44 bits per heavy atom. The fraction of sp³-hybridized carbons (Fsp3) is 0.364. The second-order valence-electron chi connectivity index (χ2n) is 4.42. The smallest absolute Gasteiger partial charge is 0.193 e. The predicted octanol–water partition coefficient (Wildman–Crippen LogP) is 3.00. The highest BCUT2D eigenvalue weighted by Crippen LogP contribution is 2.19. The van der Waals surface area contributed by atoms with Crippen molar-refractivity contribution < 1.29 is 4.39 Å². The molecule has 0 aliphatic carbocycles. The van der Waals surface area contributed by atoms with Crippen LogP contribution in [0.4, 0.5) is 10.1 Å². The number of nitrogens with zero attached hydrogens (tertiary/aromatic N) is 1. The first-order chi connectivity index (χ1) is 7.28. The fourth-order valence-corrected chi connectivity index (χ4v) is 1.29. The van der Waals surface area contributed by atoms with Crippen molar-refractivity contribution in [3.05, 3.63) is 29.0 Å². The van der Waals surface area contributed by atoms with E-state index in [-0.39, 0.29) is 16.5 Å². The van der Waals surface area contributed by atoms with Crippen molar-refractivity contribution in [2.24, 2.45) is 10.7 Å². The largest absolute Gasteiger partial charge is 0.370 e. The van der Waals surface area contributed by atoms with Crippen LogP contribution in [0, 0.1) is 5.82 Å². The van der Waals surface area contributed by atoms with E-state index < -0.39 is 5.82 Å². The van der Waals surface area contributed by atoms with E-state index in [0.29, 0.717) is 5.69 Å². The zero-order valence-corrected chi connectivity index (χ0v) is 10.3. The molecule has 1 aromatic carbocycles. The summed E-state index contributed by atoms with van der Waals surface area (Å²) in [6, 6.07) is 4.28. The molecule has 0 amide bonds. The zero-order chi connectivity index (χ0) is 12.3. The molecule has 0 spiro atoms. The minimum Gasteiger partial charge on any atom is -0.370 e. The van der Waals surface area contributed by atoms with Gasteiger partial charge in [0.25, 0.3) is 0 Å². The van der Waals surface area contributed by atoms with Crippen molar-refractivity contribution in [2.45, 2.75) is 26.3 Å². The number of hydrogen-bond acceptors (Lipinski definition) is 1. The Morgan fingerprint density at radius 2 is 2.06 bits per heavy atom. The molecular weight excluding hydrogens is 229 g/mol. The number of hydrogen-bond donors (Lipinski definition) is 2. The Labute approximate surface area is 99.5 Å². The van der Waals surface area contributed by atoms with Gasteiger partial charge in [0, 0.05) is 5.69 Å². The van der Waals surface area contributed by atoms with Crippen LogP contribution >= 0.6 is 11.6 Å². The summed E-state index contributed by atoms with van der Waals surface area (Å²) in [5, 5.41) is 2.89. The average molecular weight is 244 g/mol. The summed E-state index contributed by atoms with van der Waals surface area (Å²) in [4.78, 5) is 4.20. The van der Waals surface area contributed by atoms with Crippen LogP contribution in [-0.4, -0.2) is 11.5 Å². The zero-order valence-electron chi connectivity index (χ0n) is 9.51. The summed E-state index contributed by atoms with van der Waals surface area (Å²) in [5.74, 6) is -0.186. The summed E-state index contributed by atoms with van der Waals surface area (Å²) in [6.07, 6.45) is 0. The molecule has 3 nitrogen and oxygen atoms in total. The van der Waals surface area contributed by atoms with E-state index in [4.69, 9.17) is 17.3 Å². The van der Waals surface area contributed by atoms with Crippen molar-refractivity contribution in [1.82, 2.24) is 0 Å². The molecule has 88 valence electrons. The number of halogens is 2. The molecule has 0 unspecified atom stereocenters. The van der Waals surface area contributed by atoms with Crippen LogP contribution in [0.3, 0.4) is 0 Å². The molecule has 0 heterocycles. The van der Waals surface area contributed by atoms with Gasteiger partial charge >= 0.3 is 0 Å². The minimum absolute atomic E-state index is 0.0496. The van der Waals surface area contributed by atoms with Crippen LogP contribution < -0.4 is 11.1 Å². The molecule has 0 saturated heterocycles. The van der Waals surface area contributed by atoms with E-state index in [9.17, 15) is 4.39 Å². The maximum atomic E-state index is 12.9. The molecule has 0 atom stereocenters. The van der Waals surface area contributed by atoms with E-state index in [0.717, 1.165) is 0 Å². The Bertz CT molecular complexity index is 410. The number of nitrogens with one attached hydrogen (secondary N) is 1. The monoisotopic (exact) mass is 243 g/mol. The van der Waals surface area contributed by atoms with Gasteiger partial charge in [0.05, 0.1) is 10.6 Å².